The molecule has 1 amide bonds. The standard InChI is InChI=1S/C21H29ClN2O3S/c1-24(2)28(26,27)17-3-4-19(22)18(10-17)20(25)23-6-5-21-11-14-7-15(12-21)9-16(8-14)13-21/h3-4,10,14-16H,5-9,11-13H2,1-2H3,(H,23,25). The molecule has 0 unspecified atom stereocenters. The lowest BCUT2D eigenvalue weighted by Gasteiger charge is -2.57. The molecule has 4 fully saturated rings. The van der Waals surface area contributed by atoms with Gasteiger partial charge in [0.2, 0.25) is 10.0 Å². The van der Waals surface area contributed by atoms with E-state index in [-0.39, 0.29) is 21.4 Å². The van der Waals surface area contributed by atoms with Crippen molar-refractivity contribution in [2.45, 2.75) is 49.8 Å². The van der Waals surface area contributed by atoms with Gasteiger partial charge in [-0.25, -0.2) is 12.7 Å². The van der Waals surface area contributed by atoms with Crippen molar-refractivity contribution in [2.24, 2.45) is 23.2 Å². The SMILES string of the molecule is CN(C)S(=O)(=O)c1ccc(Cl)c(C(=O)NCCC23CC4CC(CC(C4)C2)C3)c1. The number of nitrogens with one attached hydrogen (secondary N) is 1. The van der Waals surface area contributed by atoms with Gasteiger partial charge in [-0.3, -0.25) is 4.79 Å². The maximum Gasteiger partial charge on any atom is 0.252 e. The normalized spacial score (nSPS) is 31.4. The van der Waals surface area contributed by atoms with Gasteiger partial charge in [-0.1, -0.05) is 11.6 Å². The van der Waals surface area contributed by atoms with Crippen molar-refractivity contribution in [3.63, 3.8) is 0 Å². The number of amides is 1. The third kappa shape index (κ3) is 3.71. The summed E-state index contributed by atoms with van der Waals surface area (Å²) in [6.07, 6.45) is 9.18. The van der Waals surface area contributed by atoms with E-state index < -0.39 is 10.0 Å². The minimum Gasteiger partial charge on any atom is -0.352 e. The Morgan fingerprint density at radius 2 is 1.71 bits per heavy atom. The largest absolute Gasteiger partial charge is 0.352 e. The van der Waals surface area contributed by atoms with Crippen LogP contribution < -0.4 is 5.32 Å². The van der Waals surface area contributed by atoms with Crippen molar-refractivity contribution in [1.82, 2.24) is 9.62 Å². The Bertz CT molecular complexity index is 846. The van der Waals surface area contributed by atoms with Gasteiger partial charge in [-0.15, -0.1) is 0 Å². The molecule has 4 saturated carbocycles. The van der Waals surface area contributed by atoms with Crippen molar-refractivity contribution in [1.29, 1.82) is 0 Å². The highest BCUT2D eigenvalue weighted by atomic mass is 35.5. The van der Waals surface area contributed by atoms with Gasteiger partial charge in [-0.05, 0) is 86.3 Å². The fourth-order valence-corrected chi connectivity index (χ4v) is 7.31. The zero-order valence-electron chi connectivity index (χ0n) is 16.6. The lowest BCUT2D eigenvalue weighted by molar-refractivity contribution is -0.0564. The average Bonchev–Trinajstić information content (AvgIpc) is 2.60. The predicted octanol–water partition coefficient (Wildman–Crippen LogP) is 3.93. The molecule has 4 aliphatic carbocycles. The Morgan fingerprint density at radius 3 is 2.25 bits per heavy atom. The van der Waals surface area contributed by atoms with Crippen LogP contribution in [0.4, 0.5) is 0 Å². The molecule has 28 heavy (non-hydrogen) atoms. The van der Waals surface area contributed by atoms with Crippen molar-refractivity contribution in [3.05, 3.63) is 28.8 Å². The third-order valence-corrected chi connectivity index (χ3v) is 9.21. The number of halogens is 1. The fraction of sp³-hybridized carbons (Fsp3) is 0.667. The van der Waals surface area contributed by atoms with Crippen LogP contribution in [0.3, 0.4) is 0 Å². The van der Waals surface area contributed by atoms with E-state index >= 15 is 0 Å². The van der Waals surface area contributed by atoms with Crippen LogP contribution in [0, 0.1) is 23.2 Å². The van der Waals surface area contributed by atoms with E-state index in [0.29, 0.717) is 12.0 Å². The smallest absolute Gasteiger partial charge is 0.252 e. The molecule has 1 aromatic carbocycles. The quantitative estimate of drug-likeness (QED) is 0.752. The van der Waals surface area contributed by atoms with Crippen molar-refractivity contribution < 1.29 is 13.2 Å². The van der Waals surface area contributed by atoms with Crippen LogP contribution in [0.2, 0.25) is 5.02 Å². The lowest BCUT2D eigenvalue weighted by atomic mass is 9.49. The lowest BCUT2D eigenvalue weighted by Crippen LogP contribution is -2.47. The van der Waals surface area contributed by atoms with Crippen LogP contribution in [-0.2, 0) is 10.0 Å². The Morgan fingerprint density at radius 1 is 1.14 bits per heavy atom. The number of carbonyl (C=O) groups excluding carboxylic acids is 1. The van der Waals surface area contributed by atoms with Crippen LogP contribution in [-0.4, -0.2) is 39.3 Å². The molecule has 1 aromatic rings. The first-order valence-electron chi connectivity index (χ1n) is 10.2. The van der Waals surface area contributed by atoms with Gasteiger partial charge < -0.3 is 5.32 Å². The Hall–Kier alpha value is -1.11. The molecule has 0 aliphatic heterocycles. The van der Waals surface area contributed by atoms with Crippen LogP contribution in [0.25, 0.3) is 0 Å². The second-order valence-corrected chi connectivity index (χ2v) is 11.9. The topological polar surface area (TPSA) is 66.5 Å². The van der Waals surface area contributed by atoms with E-state index in [2.05, 4.69) is 5.32 Å². The minimum atomic E-state index is -3.61. The Labute approximate surface area is 172 Å². The van der Waals surface area contributed by atoms with E-state index in [0.717, 1.165) is 28.5 Å². The average molecular weight is 425 g/mol. The molecule has 4 bridgehead atoms. The molecule has 0 heterocycles. The molecule has 0 radical (unpaired) electrons. The minimum absolute atomic E-state index is 0.0770. The van der Waals surface area contributed by atoms with Gasteiger partial charge in [0.15, 0.2) is 0 Å². The molecule has 0 saturated heterocycles. The summed E-state index contributed by atoms with van der Waals surface area (Å²) in [6.45, 7) is 0.617. The van der Waals surface area contributed by atoms with Crippen molar-refractivity contribution in [2.75, 3.05) is 20.6 Å². The van der Waals surface area contributed by atoms with Crippen LogP contribution in [0.15, 0.2) is 23.1 Å². The fourth-order valence-electron chi connectivity index (χ4n) is 6.18. The summed E-state index contributed by atoms with van der Waals surface area (Å²) in [7, 11) is -0.671. The first kappa shape index (κ1) is 20.2. The third-order valence-electron chi connectivity index (χ3n) is 7.07. The molecule has 0 spiro atoms. The number of hydrogen-bond acceptors (Lipinski definition) is 3. The van der Waals surface area contributed by atoms with Gasteiger partial charge in [0, 0.05) is 20.6 Å². The highest BCUT2D eigenvalue weighted by Crippen LogP contribution is 2.61. The highest BCUT2D eigenvalue weighted by molar-refractivity contribution is 7.89. The molecule has 1 N–H and O–H groups in total. The number of hydrogen-bond donors (Lipinski definition) is 1. The first-order chi connectivity index (χ1) is 13.2. The van der Waals surface area contributed by atoms with Crippen LogP contribution in [0.1, 0.15) is 55.3 Å². The number of carbonyl (C=O) groups is 1. The molecule has 5 rings (SSSR count). The molecular formula is C21H29ClN2O3S. The number of nitrogens with zero attached hydrogens (tertiary/aromatic N) is 1. The van der Waals surface area contributed by atoms with Crippen LogP contribution >= 0.6 is 11.6 Å². The Kier molecular flexibility index (Phi) is 5.26. The second kappa shape index (κ2) is 7.29. The van der Waals surface area contributed by atoms with Crippen molar-refractivity contribution >= 4 is 27.5 Å². The predicted molar refractivity (Wildman–Crippen MR) is 110 cm³/mol. The first-order valence-corrected chi connectivity index (χ1v) is 12.0. The van der Waals surface area contributed by atoms with Crippen LogP contribution in [0.5, 0.6) is 0 Å². The van der Waals surface area contributed by atoms with E-state index in [1.807, 2.05) is 0 Å². The molecule has 5 nitrogen and oxygen atoms in total. The summed E-state index contributed by atoms with van der Waals surface area (Å²) in [5.41, 5.74) is 0.622. The summed E-state index contributed by atoms with van der Waals surface area (Å²) in [4.78, 5) is 12.8. The van der Waals surface area contributed by atoms with E-state index in [4.69, 9.17) is 11.6 Å². The summed E-state index contributed by atoms with van der Waals surface area (Å²) in [5.74, 6) is 2.38. The van der Waals surface area contributed by atoms with Crippen molar-refractivity contribution in [3.8, 4) is 0 Å². The summed E-state index contributed by atoms with van der Waals surface area (Å²) in [5, 5.41) is 3.26. The number of benzene rings is 1. The van der Waals surface area contributed by atoms with E-state index in [9.17, 15) is 13.2 Å². The van der Waals surface area contributed by atoms with Gasteiger partial charge in [0.1, 0.15) is 0 Å². The molecular weight excluding hydrogens is 396 g/mol. The highest BCUT2D eigenvalue weighted by Gasteiger charge is 2.50. The van der Waals surface area contributed by atoms with E-state index in [1.165, 1.54) is 70.8 Å². The summed E-state index contributed by atoms with van der Waals surface area (Å²) in [6, 6.07) is 4.29. The molecule has 7 heteroatoms. The summed E-state index contributed by atoms with van der Waals surface area (Å²) >= 11 is 6.19. The summed E-state index contributed by atoms with van der Waals surface area (Å²) < 4.78 is 25.8. The van der Waals surface area contributed by atoms with E-state index in [1.54, 1.807) is 0 Å². The second-order valence-electron chi connectivity index (χ2n) is 9.35. The van der Waals surface area contributed by atoms with Gasteiger partial charge >= 0.3 is 0 Å². The van der Waals surface area contributed by atoms with Gasteiger partial charge in [0.25, 0.3) is 5.91 Å². The monoisotopic (exact) mass is 424 g/mol. The molecule has 4 aliphatic rings. The molecule has 0 aromatic heterocycles. The van der Waals surface area contributed by atoms with Gasteiger partial charge in [0.05, 0.1) is 15.5 Å². The number of sulfonamides is 1. The number of rotatable bonds is 6. The van der Waals surface area contributed by atoms with Gasteiger partial charge in [-0.2, -0.15) is 0 Å². The molecule has 154 valence electrons. The maximum atomic E-state index is 12.7. The zero-order chi connectivity index (χ0) is 20.1. The zero-order valence-corrected chi connectivity index (χ0v) is 18.2. The maximum absolute atomic E-state index is 12.7. The molecule has 0 atom stereocenters. The Balaban J connectivity index is 1.42.